The molecule has 7 heteroatoms. The van der Waals surface area contributed by atoms with E-state index in [1.54, 1.807) is 4.31 Å². The summed E-state index contributed by atoms with van der Waals surface area (Å²) in [5, 5.41) is 9.84. The average Bonchev–Trinajstić information content (AvgIpc) is 2.59. The molecule has 0 saturated carbocycles. The minimum atomic E-state index is -3.79. The van der Waals surface area contributed by atoms with Crippen molar-refractivity contribution in [2.45, 2.75) is 50.1 Å². The third-order valence-electron chi connectivity index (χ3n) is 5.24. The van der Waals surface area contributed by atoms with E-state index in [2.05, 4.69) is 10.8 Å². The van der Waals surface area contributed by atoms with E-state index in [-0.39, 0.29) is 34.2 Å². The summed E-state index contributed by atoms with van der Waals surface area (Å²) in [4.78, 5) is 11.8. The molecule has 1 aliphatic carbocycles. The molecule has 1 fully saturated rings. The van der Waals surface area contributed by atoms with E-state index >= 15 is 0 Å². The predicted molar refractivity (Wildman–Crippen MR) is 92.8 cm³/mol. The number of benzene rings is 1. The molecule has 1 aliphatic heterocycles. The number of carbonyl (C=O) groups is 1. The number of hydrogen-bond donors (Lipinski definition) is 1. The second-order valence-corrected chi connectivity index (χ2v) is 8.51. The normalized spacial score (nSPS) is 26.4. The van der Waals surface area contributed by atoms with Gasteiger partial charge in [0.15, 0.2) is 0 Å². The van der Waals surface area contributed by atoms with Crippen LogP contribution in [0.25, 0.3) is 0 Å². The third kappa shape index (κ3) is 2.85. The Balaban J connectivity index is 2.06. The van der Waals surface area contributed by atoms with Crippen molar-refractivity contribution in [3.05, 3.63) is 35.4 Å². The first-order chi connectivity index (χ1) is 11.8. The zero-order valence-electron chi connectivity index (χ0n) is 14.6. The van der Waals surface area contributed by atoms with Crippen molar-refractivity contribution in [1.29, 1.82) is 0 Å². The fourth-order valence-corrected chi connectivity index (χ4v) is 5.94. The lowest BCUT2D eigenvalue weighted by molar-refractivity contribution is 0.0597. The summed E-state index contributed by atoms with van der Waals surface area (Å²) in [5.74, 6) is -0.804. The first-order valence-electron chi connectivity index (χ1n) is 8.44. The Labute approximate surface area is 148 Å². The minimum absolute atomic E-state index is 0.00417. The number of piperidine rings is 1. The van der Waals surface area contributed by atoms with Gasteiger partial charge in [-0.1, -0.05) is 18.6 Å². The summed E-state index contributed by atoms with van der Waals surface area (Å²) >= 11 is 0. The molecule has 1 aromatic rings. The van der Waals surface area contributed by atoms with Gasteiger partial charge in [-0.05, 0) is 50.3 Å². The maximum Gasteiger partial charge on any atom is 0.341 e. The number of rotatable bonds is 4. The topological polar surface area (TPSA) is 83.9 Å². The first-order valence-corrected chi connectivity index (χ1v) is 9.88. The molecule has 3 rings (SSSR count). The summed E-state index contributed by atoms with van der Waals surface area (Å²) < 4.78 is 32.9. The van der Waals surface area contributed by atoms with Gasteiger partial charge in [0.2, 0.25) is 10.0 Å². The van der Waals surface area contributed by atoms with Crippen LogP contribution >= 0.6 is 0 Å². The Hall–Kier alpha value is -1.86. The van der Waals surface area contributed by atoms with Crippen LogP contribution in [-0.4, -0.2) is 43.0 Å². The Bertz CT molecular complexity index is 830. The van der Waals surface area contributed by atoms with Crippen molar-refractivity contribution in [3.8, 4) is 5.75 Å². The quantitative estimate of drug-likeness (QED) is 0.655. The standard InChI is InChI=1S/C18H23NO5S/c1-4-13-6-5-12-9-11(2)17(12)19(13)25(22,23)14-7-8-16(20)15(10-14)18(21)24-3/h7-10,12-13,17,20H,4-6H2,1-3H3/t12?,13-,17-/m1/s1. The number of fused-ring (bicyclic) bond motifs is 1. The van der Waals surface area contributed by atoms with Crippen molar-refractivity contribution in [2.75, 3.05) is 7.11 Å². The van der Waals surface area contributed by atoms with Crippen LogP contribution in [0.15, 0.2) is 34.7 Å². The SMILES string of the molecule is CC[C@@H]1CCC2C=C(C)[C@H]2N1S(=O)(=O)c1ccc(O)c(C(=O)OC)c1. The smallest absolute Gasteiger partial charge is 0.341 e. The van der Waals surface area contributed by atoms with Gasteiger partial charge in [0.05, 0.1) is 18.0 Å². The maximum atomic E-state index is 13.3. The number of esters is 1. The Morgan fingerprint density at radius 3 is 2.68 bits per heavy atom. The van der Waals surface area contributed by atoms with Gasteiger partial charge in [0.25, 0.3) is 0 Å². The Morgan fingerprint density at radius 2 is 2.08 bits per heavy atom. The van der Waals surface area contributed by atoms with Crippen LogP contribution in [0.3, 0.4) is 0 Å². The predicted octanol–water partition coefficient (Wildman–Crippen LogP) is 2.69. The summed E-state index contributed by atoms with van der Waals surface area (Å²) in [5.41, 5.74) is 0.921. The highest BCUT2D eigenvalue weighted by Gasteiger charge is 2.47. The van der Waals surface area contributed by atoms with Crippen LogP contribution in [0.4, 0.5) is 0 Å². The first kappa shape index (κ1) is 17.9. The van der Waals surface area contributed by atoms with Gasteiger partial charge in [-0.3, -0.25) is 0 Å². The van der Waals surface area contributed by atoms with E-state index in [9.17, 15) is 18.3 Å². The van der Waals surface area contributed by atoms with Crippen molar-refractivity contribution in [1.82, 2.24) is 4.31 Å². The monoisotopic (exact) mass is 365 g/mol. The maximum absolute atomic E-state index is 13.3. The van der Waals surface area contributed by atoms with Gasteiger partial charge in [-0.15, -0.1) is 0 Å². The van der Waals surface area contributed by atoms with Gasteiger partial charge >= 0.3 is 5.97 Å². The van der Waals surface area contributed by atoms with Crippen molar-refractivity contribution >= 4 is 16.0 Å². The molecule has 0 radical (unpaired) electrons. The van der Waals surface area contributed by atoms with Gasteiger partial charge < -0.3 is 9.84 Å². The molecule has 3 atom stereocenters. The Morgan fingerprint density at radius 1 is 1.36 bits per heavy atom. The summed E-state index contributed by atoms with van der Waals surface area (Å²) in [6, 6.07) is 3.59. The van der Waals surface area contributed by atoms with Crippen LogP contribution in [0.1, 0.15) is 43.5 Å². The largest absolute Gasteiger partial charge is 0.507 e. The van der Waals surface area contributed by atoms with Crippen LogP contribution < -0.4 is 0 Å². The highest BCUT2D eigenvalue weighted by Crippen LogP contribution is 2.44. The second-order valence-electron chi connectivity index (χ2n) is 6.66. The highest BCUT2D eigenvalue weighted by atomic mass is 32.2. The number of phenols is 1. The van der Waals surface area contributed by atoms with E-state index in [0.717, 1.165) is 24.8 Å². The molecular formula is C18H23NO5S. The van der Waals surface area contributed by atoms with Gasteiger partial charge in [0.1, 0.15) is 11.3 Å². The van der Waals surface area contributed by atoms with Crippen molar-refractivity contribution in [3.63, 3.8) is 0 Å². The molecule has 2 aliphatic rings. The van der Waals surface area contributed by atoms with E-state index in [4.69, 9.17) is 0 Å². The molecule has 6 nitrogen and oxygen atoms in total. The molecule has 0 spiro atoms. The lowest BCUT2D eigenvalue weighted by Gasteiger charge is -2.49. The fraction of sp³-hybridized carbons (Fsp3) is 0.500. The van der Waals surface area contributed by atoms with Gasteiger partial charge in [-0.25, -0.2) is 13.2 Å². The van der Waals surface area contributed by atoms with Crippen LogP contribution in [0, 0.1) is 5.92 Å². The molecular weight excluding hydrogens is 342 g/mol. The number of nitrogens with zero attached hydrogens (tertiary/aromatic N) is 1. The minimum Gasteiger partial charge on any atom is -0.507 e. The molecule has 1 aromatic carbocycles. The number of carbonyl (C=O) groups excluding carboxylic acids is 1. The van der Waals surface area contributed by atoms with E-state index in [1.807, 2.05) is 13.8 Å². The molecule has 0 amide bonds. The summed E-state index contributed by atoms with van der Waals surface area (Å²) in [7, 11) is -2.61. The summed E-state index contributed by atoms with van der Waals surface area (Å²) in [6.45, 7) is 3.94. The van der Waals surface area contributed by atoms with E-state index < -0.39 is 16.0 Å². The van der Waals surface area contributed by atoms with Crippen molar-refractivity contribution in [2.24, 2.45) is 5.92 Å². The fourth-order valence-electron chi connectivity index (χ4n) is 3.92. The molecule has 25 heavy (non-hydrogen) atoms. The number of sulfonamides is 1. The number of ether oxygens (including phenoxy) is 1. The van der Waals surface area contributed by atoms with Crippen LogP contribution in [0.5, 0.6) is 5.75 Å². The second kappa shape index (κ2) is 6.46. The lowest BCUT2D eigenvalue weighted by atomic mass is 9.74. The van der Waals surface area contributed by atoms with Gasteiger partial charge in [-0.2, -0.15) is 4.31 Å². The lowest BCUT2D eigenvalue weighted by Crippen LogP contribution is -2.56. The molecule has 1 unspecified atom stereocenters. The molecule has 136 valence electrons. The molecule has 0 bridgehead atoms. The van der Waals surface area contributed by atoms with Gasteiger partial charge in [0, 0.05) is 6.04 Å². The van der Waals surface area contributed by atoms with Crippen LogP contribution in [-0.2, 0) is 14.8 Å². The average molecular weight is 365 g/mol. The Kier molecular flexibility index (Phi) is 4.64. The number of phenolic OH excluding ortho intramolecular Hbond substituents is 1. The third-order valence-corrected chi connectivity index (χ3v) is 7.17. The number of methoxy groups -OCH3 is 1. The number of aromatic hydroxyl groups is 1. The zero-order chi connectivity index (χ0) is 18.4. The molecule has 1 N–H and O–H groups in total. The van der Waals surface area contributed by atoms with Crippen LogP contribution in [0.2, 0.25) is 0 Å². The molecule has 1 saturated heterocycles. The zero-order valence-corrected chi connectivity index (χ0v) is 15.4. The highest BCUT2D eigenvalue weighted by molar-refractivity contribution is 7.89. The van der Waals surface area contributed by atoms with E-state index in [1.165, 1.54) is 25.3 Å². The van der Waals surface area contributed by atoms with E-state index in [0.29, 0.717) is 0 Å². The summed E-state index contributed by atoms with van der Waals surface area (Å²) in [6.07, 6.45) is 4.69. The molecule has 1 heterocycles. The van der Waals surface area contributed by atoms with Crippen molar-refractivity contribution < 1.29 is 23.1 Å². The molecule has 0 aromatic heterocycles. The number of hydrogen-bond acceptors (Lipinski definition) is 5.